The Hall–Kier alpha value is -3.01. The molecule has 3 rings (SSSR count). The number of hydrogen-bond acceptors (Lipinski definition) is 7. The summed E-state index contributed by atoms with van der Waals surface area (Å²) in [5.41, 5.74) is 0.655. The minimum absolute atomic E-state index is 0.0515. The van der Waals surface area contributed by atoms with Gasteiger partial charge in [-0.05, 0) is 38.1 Å². The summed E-state index contributed by atoms with van der Waals surface area (Å²) in [4.78, 5) is 12.3. The van der Waals surface area contributed by atoms with Crippen LogP contribution in [0.1, 0.15) is 30.2 Å². The topological polar surface area (TPSA) is 120 Å². The number of nitrogens with zero attached hydrogens (tertiary/aromatic N) is 4. The molecule has 2 heterocycles. The molecule has 1 N–H and O–H groups in total. The number of rotatable bonds is 5. The van der Waals surface area contributed by atoms with Gasteiger partial charge in [0.2, 0.25) is 0 Å². The van der Waals surface area contributed by atoms with Gasteiger partial charge < -0.3 is 4.42 Å². The maximum Gasteiger partial charge on any atom is 0.322 e. The van der Waals surface area contributed by atoms with Gasteiger partial charge in [0, 0.05) is 24.1 Å². The summed E-state index contributed by atoms with van der Waals surface area (Å²) in [6.07, 6.45) is 2.86. The van der Waals surface area contributed by atoms with E-state index in [1.54, 1.807) is 16.9 Å². The van der Waals surface area contributed by atoms with E-state index in [0.717, 1.165) is 6.26 Å². The fraction of sp³-hybridized carbons (Fsp3) is 0.250. The summed E-state index contributed by atoms with van der Waals surface area (Å²) < 4.78 is 30.3. The fourth-order valence-electron chi connectivity index (χ4n) is 2.15. The maximum absolute atomic E-state index is 12.3. The molecular formula is C16H17N5O4S. The van der Waals surface area contributed by atoms with Crippen LogP contribution in [-0.4, -0.2) is 40.6 Å². The van der Waals surface area contributed by atoms with E-state index in [4.69, 9.17) is 4.42 Å². The van der Waals surface area contributed by atoms with E-state index in [1.807, 2.05) is 13.8 Å². The predicted octanol–water partition coefficient (Wildman–Crippen LogP) is 2.17. The number of amides is 1. The van der Waals surface area contributed by atoms with Crippen LogP contribution in [-0.2, 0) is 9.84 Å². The second kappa shape index (κ2) is 6.71. The molecule has 0 bridgehead atoms. The van der Waals surface area contributed by atoms with Crippen molar-refractivity contribution in [1.29, 1.82) is 0 Å². The molecule has 0 unspecified atom stereocenters. The average molecular weight is 375 g/mol. The van der Waals surface area contributed by atoms with Crippen molar-refractivity contribution in [1.82, 2.24) is 20.0 Å². The van der Waals surface area contributed by atoms with Gasteiger partial charge in [-0.1, -0.05) is 11.2 Å². The zero-order chi connectivity index (χ0) is 18.9. The largest absolute Gasteiger partial charge is 0.401 e. The van der Waals surface area contributed by atoms with E-state index in [9.17, 15) is 13.2 Å². The van der Waals surface area contributed by atoms with E-state index in [-0.39, 0.29) is 28.4 Å². The zero-order valence-corrected chi connectivity index (χ0v) is 15.2. The molecule has 0 saturated carbocycles. The number of carbonyl (C=O) groups excluding carboxylic acids is 1. The van der Waals surface area contributed by atoms with Crippen LogP contribution in [0, 0.1) is 0 Å². The van der Waals surface area contributed by atoms with E-state index in [2.05, 4.69) is 20.6 Å². The van der Waals surface area contributed by atoms with Gasteiger partial charge in [-0.2, -0.15) is 5.10 Å². The molecule has 26 heavy (non-hydrogen) atoms. The Kier molecular flexibility index (Phi) is 4.60. The zero-order valence-electron chi connectivity index (χ0n) is 14.4. The molecule has 0 aliphatic carbocycles. The molecule has 0 fully saturated rings. The molecule has 1 amide bonds. The maximum atomic E-state index is 12.3. The summed E-state index contributed by atoms with van der Waals surface area (Å²) in [6, 6.07) is 7.50. The van der Waals surface area contributed by atoms with E-state index >= 15 is 0 Å². The van der Waals surface area contributed by atoms with Crippen LogP contribution in [0.25, 0.3) is 11.6 Å². The Morgan fingerprint density at radius 2 is 2.00 bits per heavy atom. The molecule has 0 radical (unpaired) electrons. The van der Waals surface area contributed by atoms with Crippen LogP contribution in [0.2, 0.25) is 0 Å². The van der Waals surface area contributed by atoms with Crippen molar-refractivity contribution in [3.05, 3.63) is 42.1 Å². The molecule has 0 atom stereocenters. The molecular weight excluding hydrogens is 358 g/mol. The van der Waals surface area contributed by atoms with Crippen molar-refractivity contribution in [3.63, 3.8) is 0 Å². The van der Waals surface area contributed by atoms with Gasteiger partial charge in [0.05, 0.1) is 4.90 Å². The third kappa shape index (κ3) is 3.80. The van der Waals surface area contributed by atoms with Crippen molar-refractivity contribution >= 4 is 21.8 Å². The Labute approximate surface area is 150 Å². The van der Waals surface area contributed by atoms with E-state index in [1.165, 1.54) is 24.3 Å². The van der Waals surface area contributed by atoms with Gasteiger partial charge in [-0.3, -0.25) is 14.8 Å². The minimum atomic E-state index is -3.41. The quantitative estimate of drug-likeness (QED) is 0.725. The van der Waals surface area contributed by atoms with Gasteiger partial charge >= 0.3 is 6.01 Å². The highest BCUT2D eigenvalue weighted by Crippen LogP contribution is 2.19. The first-order valence-electron chi connectivity index (χ1n) is 7.74. The van der Waals surface area contributed by atoms with Gasteiger partial charge in [0.25, 0.3) is 11.8 Å². The monoisotopic (exact) mass is 375 g/mol. The molecule has 136 valence electrons. The highest BCUT2D eigenvalue weighted by Gasteiger charge is 2.16. The van der Waals surface area contributed by atoms with Crippen LogP contribution in [0.5, 0.6) is 0 Å². The number of anilines is 1. The molecule has 3 aromatic rings. The summed E-state index contributed by atoms with van der Waals surface area (Å²) in [7, 11) is -3.41. The van der Waals surface area contributed by atoms with Crippen molar-refractivity contribution in [3.8, 4) is 11.6 Å². The number of benzene rings is 1. The standard InChI is InChI=1S/C16H17N5O4S/c1-10(2)21-8-7-13(20-21)15-18-19-16(25-15)17-14(22)11-5-4-6-12(9-11)26(3,23)24/h4-10H,1-3H3,(H,17,19,22). The van der Waals surface area contributed by atoms with Gasteiger partial charge in [-0.25, -0.2) is 8.42 Å². The molecule has 1 aromatic carbocycles. The Morgan fingerprint density at radius 3 is 2.65 bits per heavy atom. The highest BCUT2D eigenvalue weighted by molar-refractivity contribution is 7.90. The lowest BCUT2D eigenvalue weighted by molar-refractivity contribution is 0.102. The molecule has 2 aromatic heterocycles. The third-order valence-electron chi connectivity index (χ3n) is 3.53. The lowest BCUT2D eigenvalue weighted by atomic mass is 10.2. The molecule has 9 nitrogen and oxygen atoms in total. The lowest BCUT2D eigenvalue weighted by Crippen LogP contribution is -2.13. The van der Waals surface area contributed by atoms with Crippen LogP contribution in [0.3, 0.4) is 0 Å². The molecule has 0 aliphatic heterocycles. The first-order chi connectivity index (χ1) is 12.2. The lowest BCUT2D eigenvalue weighted by Gasteiger charge is -2.03. The number of aromatic nitrogens is 4. The van der Waals surface area contributed by atoms with Gasteiger partial charge in [-0.15, -0.1) is 5.10 Å². The highest BCUT2D eigenvalue weighted by atomic mass is 32.2. The molecule has 0 saturated heterocycles. The SMILES string of the molecule is CC(C)n1ccc(-c2nnc(NC(=O)c3cccc(S(C)(=O)=O)c3)o2)n1. The van der Waals surface area contributed by atoms with E-state index in [0.29, 0.717) is 5.69 Å². The Balaban J connectivity index is 1.77. The van der Waals surface area contributed by atoms with Gasteiger partial charge in [0.1, 0.15) is 5.69 Å². The first kappa shape index (κ1) is 17.8. The summed E-state index contributed by atoms with van der Waals surface area (Å²) in [6.45, 7) is 3.97. The number of hydrogen-bond donors (Lipinski definition) is 1. The predicted molar refractivity (Wildman–Crippen MR) is 93.4 cm³/mol. The van der Waals surface area contributed by atoms with Crippen molar-refractivity contribution in [2.24, 2.45) is 0 Å². The summed E-state index contributed by atoms with van der Waals surface area (Å²) in [5, 5.41) is 14.4. The van der Waals surface area contributed by atoms with Crippen LogP contribution in [0.4, 0.5) is 6.01 Å². The average Bonchev–Trinajstić information content (AvgIpc) is 3.23. The second-order valence-corrected chi connectivity index (χ2v) is 7.96. The molecule has 0 aliphatic rings. The fourth-order valence-corrected chi connectivity index (χ4v) is 2.82. The Bertz CT molecular complexity index is 1050. The van der Waals surface area contributed by atoms with Crippen LogP contribution in [0.15, 0.2) is 45.8 Å². The normalized spacial score (nSPS) is 11.7. The number of carbonyl (C=O) groups is 1. The second-order valence-electron chi connectivity index (χ2n) is 5.94. The van der Waals surface area contributed by atoms with Crippen LogP contribution < -0.4 is 5.32 Å². The molecule has 10 heteroatoms. The first-order valence-corrected chi connectivity index (χ1v) is 9.63. The summed E-state index contributed by atoms with van der Waals surface area (Å²) >= 11 is 0. The number of sulfone groups is 1. The van der Waals surface area contributed by atoms with Crippen LogP contribution >= 0.6 is 0 Å². The summed E-state index contributed by atoms with van der Waals surface area (Å²) in [5.74, 6) is -0.386. The molecule has 0 spiro atoms. The minimum Gasteiger partial charge on any atom is -0.401 e. The van der Waals surface area contributed by atoms with Crippen molar-refractivity contribution in [2.75, 3.05) is 11.6 Å². The van der Waals surface area contributed by atoms with Crippen molar-refractivity contribution in [2.45, 2.75) is 24.8 Å². The smallest absolute Gasteiger partial charge is 0.322 e. The van der Waals surface area contributed by atoms with E-state index < -0.39 is 15.7 Å². The van der Waals surface area contributed by atoms with Crippen molar-refractivity contribution < 1.29 is 17.6 Å². The third-order valence-corrected chi connectivity index (χ3v) is 4.64. The van der Waals surface area contributed by atoms with Gasteiger partial charge in [0.15, 0.2) is 9.84 Å². The number of nitrogens with one attached hydrogen (secondary N) is 1. The Morgan fingerprint density at radius 1 is 1.23 bits per heavy atom.